The number of pyridine rings is 1. The molecule has 106 valence electrons. The molecule has 1 heterocycles. The summed E-state index contributed by atoms with van der Waals surface area (Å²) in [5, 5.41) is 4.80. The molecule has 1 aromatic heterocycles. The summed E-state index contributed by atoms with van der Waals surface area (Å²) in [5.74, 6) is 0. The van der Waals surface area contributed by atoms with Gasteiger partial charge in [0.1, 0.15) is 0 Å². The summed E-state index contributed by atoms with van der Waals surface area (Å²) in [6.45, 7) is 3.02. The molecule has 1 N–H and O–H groups in total. The lowest BCUT2D eigenvalue weighted by molar-refractivity contribution is 0.576. The first-order valence-electron chi connectivity index (χ1n) is 7.05. The first kappa shape index (κ1) is 14.2. The van der Waals surface area contributed by atoms with Crippen molar-refractivity contribution in [2.24, 2.45) is 0 Å². The van der Waals surface area contributed by atoms with Crippen LogP contribution in [0.4, 0.5) is 0 Å². The molecular weight excluding hydrogens is 324 g/mol. The zero-order chi connectivity index (χ0) is 14.7. The van der Waals surface area contributed by atoms with Gasteiger partial charge in [0.2, 0.25) is 0 Å². The van der Waals surface area contributed by atoms with E-state index in [1.807, 2.05) is 18.3 Å². The molecule has 0 saturated heterocycles. The van der Waals surface area contributed by atoms with Gasteiger partial charge in [-0.2, -0.15) is 0 Å². The number of hydrogen-bond acceptors (Lipinski definition) is 2. The van der Waals surface area contributed by atoms with Crippen LogP contribution < -0.4 is 5.32 Å². The smallest absolute Gasteiger partial charge is 0.0705 e. The Kier molecular flexibility index (Phi) is 4.32. The van der Waals surface area contributed by atoms with Crippen molar-refractivity contribution in [1.29, 1.82) is 0 Å². The van der Waals surface area contributed by atoms with Crippen LogP contribution in [0.3, 0.4) is 0 Å². The second kappa shape index (κ2) is 6.37. The minimum Gasteiger partial charge on any atom is -0.306 e. The average Bonchev–Trinajstić information content (AvgIpc) is 2.52. The normalized spacial score (nSPS) is 12.5. The quantitative estimate of drug-likeness (QED) is 0.734. The van der Waals surface area contributed by atoms with Gasteiger partial charge in [0.05, 0.1) is 5.52 Å². The highest BCUT2D eigenvalue weighted by Gasteiger charge is 2.07. The van der Waals surface area contributed by atoms with Gasteiger partial charge in [0.25, 0.3) is 0 Å². The third-order valence-electron chi connectivity index (χ3n) is 3.69. The molecule has 0 aliphatic carbocycles. The molecule has 0 amide bonds. The van der Waals surface area contributed by atoms with Crippen molar-refractivity contribution < 1.29 is 0 Å². The van der Waals surface area contributed by atoms with E-state index in [1.54, 1.807) is 0 Å². The fourth-order valence-corrected chi connectivity index (χ4v) is 2.88. The van der Waals surface area contributed by atoms with Crippen molar-refractivity contribution in [3.63, 3.8) is 0 Å². The number of aromatic nitrogens is 1. The molecule has 2 nitrogen and oxygen atoms in total. The van der Waals surface area contributed by atoms with Crippen LogP contribution in [0.5, 0.6) is 0 Å². The van der Waals surface area contributed by atoms with Crippen molar-refractivity contribution in [3.8, 4) is 0 Å². The van der Waals surface area contributed by atoms with Gasteiger partial charge in [-0.25, -0.2) is 0 Å². The van der Waals surface area contributed by atoms with E-state index in [0.29, 0.717) is 6.04 Å². The van der Waals surface area contributed by atoms with E-state index in [2.05, 4.69) is 75.6 Å². The van der Waals surface area contributed by atoms with Gasteiger partial charge in [-0.05, 0) is 42.3 Å². The van der Waals surface area contributed by atoms with Crippen LogP contribution in [0.15, 0.2) is 65.3 Å². The maximum Gasteiger partial charge on any atom is 0.0705 e. The molecule has 0 unspecified atom stereocenters. The molecule has 0 bridgehead atoms. The predicted octanol–water partition coefficient (Wildman–Crippen LogP) is 4.85. The van der Waals surface area contributed by atoms with Crippen LogP contribution in [0, 0.1) is 0 Å². The summed E-state index contributed by atoms with van der Waals surface area (Å²) in [7, 11) is 0. The monoisotopic (exact) mass is 340 g/mol. The fourth-order valence-electron chi connectivity index (χ4n) is 2.47. The second-order valence-electron chi connectivity index (χ2n) is 5.14. The second-order valence-corrected chi connectivity index (χ2v) is 6.06. The average molecular weight is 341 g/mol. The lowest BCUT2D eigenvalue weighted by Gasteiger charge is -2.15. The Balaban J connectivity index is 1.77. The maximum absolute atomic E-state index is 4.40. The van der Waals surface area contributed by atoms with Crippen LogP contribution in [0.25, 0.3) is 10.9 Å². The van der Waals surface area contributed by atoms with Crippen molar-refractivity contribution in [2.45, 2.75) is 19.5 Å². The van der Waals surface area contributed by atoms with Crippen LogP contribution in [0.2, 0.25) is 0 Å². The third kappa shape index (κ3) is 3.31. The van der Waals surface area contributed by atoms with Crippen molar-refractivity contribution >= 4 is 26.8 Å². The zero-order valence-corrected chi connectivity index (χ0v) is 13.5. The summed E-state index contributed by atoms with van der Waals surface area (Å²) in [6.07, 6.45) is 1.88. The lowest BCUT2D eigenvalue weighted by atomic mass is 10.1. The van der Waals surface area contributed by atoms with E-state index in [0.717, 1.165) is 16.5 Å². The van der Waals surface area contributed by atoms with E-state index in [9.17, 15) is 0 Å². The molecule has 0 radical (unpaired) electrons. The van der Waals surface area contributed by atoms with E-state index in [4.69, 9.17) is 0 Å². The number of fused-ring (bicyclic) bond motifs is 1. The Hall–Kier alpha value is -1.71. The van der Waals surface area contributed by atoms with Crippen LogP contribution in [0.1, 0.15) is 24.1 Å². The molecule has 21 heavy (non-hydrogen) atoms. The molecular formula is C18H17BrN2. The van der Waals surface area contributed by atoms with Crippen molar-refractivity contribution in [1.82, 2.24) is 10.3 Å². The molecule has 0 fully saturated rings. The minimum atomic E-state index is 0.300. The molecule has 2 aromatic carbocycles. The minimum absolute atomic E-state index is 0.300. The van der Waals surface area contributed by atoms with Gasteiger partial charge in [-0.1, -0.05) is 46.3 Å². The lowest BCUT2D eigenvalue weighted by Crippen LogP contribution is -2.18. The molecule has 0 spiro atoms. The summed E-state index contributed by atoms with van der Waals surface area (Å²) >= 11 is 3.52. The van der Waals surface area contributed by atoms with Crippen LogP contribution >= 0.6 is 15.9 Å². The van der Waals surface area contributed by atoms with Crippen LogP contribution in [-0.2, 0) is 6.54 Å². The fraction of sp³-hybridized carbons (Fsp3) is 0.167. The van der Waals surface area contributed by atoms with E-state index >= 15 is 0 Å². The summed E-state index contributed by atoms with van der Waals surface area (Å²) in [6, 6.07) is 19.1. The number of halogens is 1. The van der Waals surface area contributed by atoms with Gasteiger partial charge in [0, 0.05) is 28.6 Å². The Morgan fingerprint density at radius 1 is 1.10 bits per heavy atom. The molecule has 0 saturated carbocycles. The molecule has 3 rings (SSSR count). The highest BCUT2D eigenvalue weighted by atomic mass is 79.9. The van der Waals surface area contributed by atoms with Gasteiger partial charge in [-0.15, -0.1) is 0 Å². The Labute approximate surface area is 133 Å². The molecule has 3 aromatic rings. The zero-order valence-electron chi connectivity index (χ0n) is 11.9. The molecule has 0 aliphatic rings. The number of rotatable bonds is 4. The largest absolute Gasteiger partial charge is 0.306 e. The van der Waals surface area contributed by atoms with Gasteiger partial charge in [0.15, 0.2) is 0 Å². The van der Waals surface area contributed by atoms with Gasteiger partial charge in [-0.3, -0.25) is 4.98 Å². The van der Waals surface area contributed by atoms with E-state index in [1.165, 1.54) is 16.5 Å². The topological polar surface area (TPSA) is 24.9 Å². The Morgan fingerprint density at radius 2 is 1.95 bits per heavy atom. The highest BCUT2D eigenvalue weighted by molar-refractivity contribution is 9.10. The van der Waals surface area contributed by atoms with Gasteiger partial charge >= 0.3 is 0 Å². The standard InChI is InChI=1S/C18H17BrN2/c1-13(14-5-4-6-16(19)11-14)21-12-15-9-10-20-18-8-3-2-7-17(15)18/h2-11,13,21H,12H2,1H3/t13-/m0/s1. The summed E-state index contributed by atoms with van der Waals surface area (Å²) < 4.78 is 1.11. The van der Waals surface area contributed by atoms with Crippen molar-refractivity contribution in [3.05, 3.63) is 76.4 Å². The third-order valence-corrected chi connectivity index (χ3v) is 4.18. The van der Waals surface area contributed by atoms with Crippen LogP contribution in [-0.4, -0.2) is 4.98 Å². The first-order valence-corrected chi connectivity index (χ1v) is 7.85. The predicted molar refractivity (Wildman–Crippen MR) is 91.1 cm³/mol. The highest BCUT2D eigenvalue weighted by Crippen LogP contribution is 2.20. The molecule has 0 aliphatic heterocycles. The van der Waals surface area contributed by atoms with Gasteiger partial charge < -0.3 is 5.32 Å². The number of hydrogen-bond donors (Lipinski definition) is 1. The Morgan fingerprint density at radius 3 is 2.81 bits per heavy atom. The maximum atomic E-state index is 4.40. The Bertz CT molecular complexity index is 750. The number of nitrogens with zero attached hydrogens (tertiary/aromatic N) is 1. The van der Waals surface area contributed by atoms with Crippen molar-refractivity contribution in [2.75, 3.05) is 0 Å². The molecule has 1 atom stereocenters. The summed E-state index contributed by atoms with van der Waals surface area (Å²) in [4.78, 5) is 4.40. The number of nitrogens with one attached hydrogen (secondary N) is 1. The molecule has 3 heteroatoms. The summed E-state index contributed by atoms with van der Waals surface area (Å²) in [5.41, 5.74) is 3.61. The number of benzene rings is 2. The number of para-hydroxylation sites is 1. The van der Waals surface area contributed by atoms with E-state index < -0.39 is 0 Å². The SMILES string of the molecule is C[C@H](NCc1ccnc2ccccc12)c1cccc(Br)c1. The first-order chi connectivity index (χ1) is 10.2. The van der Waals surface area contributed by atoms with E-state index in [-0.39, 0.29) is 0 Å².